The van der Waals surface area contributed by atoms with E-state index in [4.69, 9.17) is 15.3 Å². The summed E-state index contributed by atoms with van der Waals surface area (Å²) in [6.07, 6.45) is 2.08. The Kier molecular flexibility index (Phi) is 5.24. The zero-order valence-electron chi connectivity index (χ0n) is 14.5. The molecule has 2 atom stereocenters. The van der Waals surface area contributed by atoms with Gasteiger partial charge in [-0.3, -0.25) is 9.59 Å². The SMILES string of the molecule is NC(=O)C1CCCN(C(=O)C2CCCN2S(=O)(=O)c2ccc(C(=O)O)o2)C1. The number of primary amides is 1. The van der Waals surface area contributed by atoms with Crippen molar-refractivity contribution < 1.29 is 32.3 Å². The van der Waals surface area contributed by atoms with E-state index < -0.39 is 44.7 Å². The Balaban J connectivity index is 1.80. The van der Waals surface area contributed by atoms with Crippen molar-refractivity contribution >= 4 is 27.8 Å². The van der Waals surface area contributed by atoms with E-state index in [0.717, 1.165) is 16.4 Å². The van der Waals surface area contributed by atoms with Crippen LogP contribution in [-0.4, -0.2) is 66.2 Å². The molecule has 0 spiro atoms. The van der Waals surface area contributed by atoms with Crippen LogP contribution in [0.4, 0.5) is 0 Å². The maximum atomic E-state index is 12.9. The van der Waals surface area contributed by atoms with Gasteiger partial charge in [-0.05, 0) is 37.8 Å². The minimum absolute atomic E-state index is 0.134. The second kappa shape index (κ2) is 7.31. The normalized spacial score (nSPS) is 24.1. The average molecular weight is 399 g/mol. The predicted molar refractivity (Wildman–Crippen MR) is 91.1 cm³/mol. The van der Waals surface area contributed by atoms with E-state index in [1.54, 1.807) is 0 Å². The molecule has 148 valence electrons. The molecule has 0 bridgehead atoms. The molecule has 3 heterocycles. The number of rotatable bonds is 5. The molecule has 0 saturated carbocycles. The number of nitrogens with zero attached hydrogens (tertiary/aromatic N) is 2. The third kappa shape index (κ3) is 3.69. The molecule has 3 rings (SSSR count). The predicted octanol–water partition coefficient (Wildman–Crippen LogP) is -0.145. The first-order valence-corrected chi connectivity index (χ1v) is 10.1. The maximum absolute atomic E-state index is 12.9. The summed E-state index contributed by atoms with van der Waals surface area (Å²) in [7, 11) is -4.15. The number of nitrogens with two attached hydrogens (primary N) is 1. The van der Waals surface area contributed by atoms with Gasteiger partial charge in [0.2, 0.25) is 22.7 Å². The monoisotopic (exact) mass is 399 g/mol. The minimum Gasteiger partial charge on any atom is -0.475 e. The van der Waals surface area contributed by atoms with Gasteiger partial charge in [-0.2, -0.15) is 4.31 Å². The van der Waals surface area contributed by atoms with Crippen LogP contribution < -0.4 is 5.73 Å². The van der Waals surface area contributed by atoms with Gasteiger partial charge in [0, 0.05) is 19.6 Å². The lowest BCUT2D eigenvalue weighted by Gasteiger charge is -2.34. The Labute approximate surface area is 155 Å². The number of furan rings is 1. The number of hydrogen-bond acceptors (Lipinski definition) is 6. The molecule has 2 unspecified atom stereocenters. The number of piperidine rings is 1. The van der Waals surface area contributed by atoms with Gasteiger partial charge in [-0.15, -0.1) is 0 Å². The number of carboxylic acid groups (broad SMARTS) is 1. The first kappa shape index (κ1) is 19.4. The Hall–Kier alpha value is -2.40. The van der Waals surface area contributed by atoms with Crippen LogP contribution in [0.5, 0.6) is 0 Å². The molecule has 2 fully saturated rings. The van der Waals surface area contributed by atoms with Crippen molar-refractivity contribution in [3.8, 4) is 0 Å². The standard InChI is InChI=1S/C16H21N3O7S/c17-14(20)10-3-1-7-18(9-10)15(21)11-4-2-8-19(11)27(24,25)13-6-5-12(26-13)16(22)23/h5-6,10-11H,1-4,7-9H2,(H2,17,20)(H,22,23). The fourth-order valence-corrected chi connectivity index (χ4v) is 5.15. The molecule has 10 nitrogen and oxygen atoms in total. The molecule has 2 saturated heterocycles. The number of carboxylic acids is 1. The van der Waals surface area contributed by atoms with Crippen LogP contribution in [0.2, 0.25) is 0 Å². The minimum atomic E-state index is -4.15. The molecule has 2 aliphatic rings. The van der Waals surface area contributed by atoms with E-state index in [9.17, 15) is 22.8 Å². The van der Waals surface area contributed by atoms with Crippen LogP contribution in [0.3, 0.4) is 0 Å². The van der Waals surface area contributed by atoms with Crippen molar-refractivity contribution in [1.82, 2.24) is 9.21 Å². The van der Waals surface area contributed by atoms with Crippen LogP contribution in [0.25, 0.3) is 0 Å². The molecular weight excluding hydrogens is 378 g/mol. The van der Waals surface area contributed by atoms with Gasteiger partial charge in [0.15, 0.2) is 0 Å². The number of amides is 2. The molecule has 11 heteroatoms. The topological polar surface area (TPSA) is 151 Å². The lowest BCUT2D eigenvalue weighted by molar-refractivity contribution is -0.138. The van der Waals surface area contributed by atoms with Crippen molar-refractivity contribution in [2.45, 2.75) is 36.8 Å². The van der Waals surface area contributed by atoms with Gasteiger partial charge in [0.05, 0.1) is 5.92 Å². The summed E-state index contributed by atoms with van der Waals surface area (Å²) in [6.45, 7) is 0.758. The Bertz CT molecular complexity index is 863. The third-order valence-corrected chi connectivity index (χ3v) is 6.76. The van der Waals surface area contributed by atoms with E-state index in [0.29, 0.717) is 32.2 Å². The van der Waals surface area contributed by atoms with Crippen molar-refractivity contribution in [3.05, 3.63) is 17.9 Å². The van der Waals surface area contributed by atoms with Gasteiger partial charge in [-0.1, -0.05) is 0 Å². The van der Waals surface area contributed by atoms with Crippen LogP contribution in [-0.2, 0) is 19.6 Å². The van der Waals surface area contributed by atoms with E-state index in [-0.39, 0.29) is 19.0 Å². The van der Waals surface area contributed by atoms with Gasteiger partial charge < -0.3 is 20.2 Å². The second-order valence-electron chi connectivity index (χ2n) is 6.72. The van der Waals surface area contributed by atoms with E-state index >= 15 is 0 Å². The molecular formula is C16H21N3O7S. The third-order valence-electron chi connectivity index (χ3n) is 4.98. The van der Waals surface area contributed by atoms with Crippen LogP contribution in [0.1, 0.15) is 36.2 Å². The number of carbonyl (C=O) groups is 3. The van der Waals surface area contributed by atoms with E-state index in [2.05, 4.69) is 0 Å². The quantitative estimate of drug-likeness (QED) is 0.699. The second-order valence-corrected chi connectivity index (χ2v) is 8.54. The highest BCUT2D eigenvalue weighted by molar-refractivity contribution is 7.89. The van der Waals surface area contributed by atoms with Gasteiger partial charge in [0.1, 0.15) is 6.04 Å². The van der Waals surface area contributed by atoms with Gasteiger partial charge in [-0.25, -0.2) is 13.2 Å². The molecule has 1 aromatic rings. The summed E-state index contributed by atoms with van der Waals surface area (Å²) >= 11 is 0. The van der Waals surface area contributed by atoms with Crippen molar-refractivity contribution in [2.75, 3.05) is 19.6 Å². The van der Waals surface area contributed by atoms with Crippen LogP contribution in [0, 0.1) is 5.92 Å². The summed E-state index contributed by atoms with van der Waals surface area (Å²) in [4.78, 5) is 36.8. The molecule has 0 radical (unpaired) electrons. The maximum Gasteiger partial charge on any atom is 0.371 e. The number of sulfonamides is 1. The molecule has 2 amide bonds. The number of aromatic carboxylic acids is 1. The van der Waals surface area contributed by atoms with Crippen LogP contribution >= 0.6 is 0 Å². The molecule has 0 aliphatic carbocycles. The fraction of sp³-hybridized carbons (Fsp3) is 0.562. The molecule has 3 N–H and O–H groups in total. The fourth-order valence-electron chi connectivity index (χ4n) is 3.58. The van der Waals surface area contributed by atoms with Crippen LogP contribution in [0.15, 0.2) is 21.6 Å². The highest BCUT2D eigenvalue weighted by Gasteiger charge is 2.43. The van der Waals surface area contributed by atoms with Gasteiger partial charge in [0.25, 0.3) is 10.0 Å². The zero-order valence-corrected chi connectivity index (χ0v) is 15.4. The van der Waals surface area contributed by atoms with E-state index in [1.807, 2.05) is 0 Å². The zero-order chi connectivity index (χ0) is 19.8. The smallest absolute Gasteiger partial charge is 0.371 e. The largest absolute Gasteiger partial charge is 0.475 e. The molecule has 1 aromatic heterocycles. The summed E-state index contributed by atoms with van der Waals surface area (Å²) in [5.74, 6) is -3.14. The van der Waals surface area contributed by atoms with Crippen molar-refractivity contribution in [2.24, 2.45) is 11.7 Å². The molecule has 0 aromatic carbocycles. The number of likely N-dealkylation sites (tertiary alicyclic amines) is 1. The highest BCUT2D eigenvalue weighted by Crippen LogP contribution is 2.29. The van der Waals surface area contributed by atoms with E-state index in [1.165, 1.54) is 4.90 Å². The lowest BCUT2D eigenvalue weighted by atomic mass is 9.97. The number of hydrogen-bond donors (Lipinski definition) is 2. The Morgan fingerprint density at radius 2 is 1.85 bits per heavy atom. The van der Waals surface area contributed by atoms with Crippen molar-refractivity contribution in [3.63, 3.8) is 0 Å². The molecule has 27 heavy (non-hydrogen) atoms. The molecule has 2 aliphatic heterocycles. The average Bonchev–Trinajstić information content (AvgIpc) is 3.31. The lowest BCUT2D eigenvalue weighted by Crippen LogP contribution is -2.51. The first-order valence-electron chi connectivity index (χ1n) is 8.65. The van der Waals surface area contributed by atoms with Gasteiger partial charge >= 0.3 is 5.97 Å². The summed E-state index contributed by atoms with van der Waals surface area (Å²) < 4.78 is 31.6. The summed E-state index contributed by atoms with van der Waals surface area (Å²) in [5.41, 5.74) is 5.34. The van der Waals surface area contributed by atoms with Crippen molar-refractivity contribution in [1.29, 1.82) is 0 Å². The number of carbonyl (C=O) groups excluding carboxylic acids is 2. The summed E-state index contributed by atoms with van der Waals surface area (Å²) in [5, 5.41) is 8.40. The Morgan fingerprint density at radius 3 is 2.48 bits per heavy atom. The first-order chi connectivity index (χ1) is 12.7. The summed E-state index contributed by atoms with van der Waals surface area (Å²) in [6, 6.07) is 1.23. The highest BCUT2D eigenvalue weighted by atomic mass is 32.2. The Morgan fingerprint density at radius 1 is 1.15 bits per heavy atom.